The molecule has 28 heavy (non-hydrogen) atoms. The summed E-state index contributed by atoms with van der Waals surface area (Å²) in [7, 11) is 0. The first-order valence-corrected chi connectivity index (χ1v) is 8.71. The third-order valence-corrected chi connectivity index (χ3v) is 4.44. The van der Waals surface area contributed by atoms with Crippen molar-refractivity contribution in [3.63, 3.8) is 0 Å². The third-order valence-electron chi connectivity index (χ3n) is 4.44. The Morgan fingerprint density at radius 1 is 1.04 bits per heavy atom. The largest absolute Gasteiger partial charge is 0.491 e. The Kier molecular flexibility index (Phi) is 5.36. The molecule has 0 aromatic heterocycles. The van der Waals surface area contributed by atoms with Crippen LogP contribution < -0.4 is 15.4 Å². The quantitative estimate of drug-likeness (QED) is 0.760. The maximum absolute atomic E-state index is 12.9. The minimum absolute atomic E-state index is 0.356. The minimum Gasteiger partial charge on any atom is -0.486 e. The molecule has 1 heterocycles. The summed E-state index contributed by atoms with van der Waals surface area (Å²) in [5.41, 5.74) is 0.109. The van der Waals surface area contributed by atoms with Crippen LogP contribution in [0, 0.1) is 0 Å². The SMILES string of the molecule is CC1(C)NC(COc2ccccc2)(OC(=O)C(F)(F)F)NC1c1ccccc1. The zero-order chi connectivity index (χ0) is 20.4. The van der Waals surface area contributed by atoms with Crippen LogP contribution in [0.3, 0.4) is 0 Å². The van der Waals surface area contributed by atoms with E-state index < -0.39 is 29.6 Å². The fourth-order valence-electron chi connectivity index (χ4n) is 3.27. The maximum atomic E-state index is 12.9. The molecule has 2 unspecified atom stereocenters. The second kappa shape index (κ2) is 7.44. The Bertz CT molecular complexity index is 812. The fraction of sp³-hybridized carbons (Fsp3) is 0.350. The lowest BCUT2D eigenvalue weighted by atomic mass is 9.91. The van der Waals surface area contributed by atoms with E-state index in [4.69, 9.17) is 9.47 Å². The molecule has 1 saturated heterocycles. The summed E-state index contributed by atoms with van der Waals surface area (Å²) < 4.78 is 49.1. The zero-order valence-corrected chi connectivity index (χ0v) is 15.4. The monoisotopic (exact) mass is 394 g/mol. The van der Waals surface area contributed by atoms with Crippen molar-refractivity contribution in [3.05, 3.63) is 66.2 Å². The first-order valence-electron chi connectivity index (χ1n) is 8.71. The molecule has 2 N–H and O–H groups in total. The summed E-state index contributed by atoms with van der Waals surface area (Å²) in [6.07, 6.45) is -5.13. The number of carbonyl (C=O) groups excluding carboxylic acids is 1. The number of halogens is 3. The summed E-state index contributed by atoms with van der Waals surface area (Å²) >= 11 is 0. The van der Waals surface area contributed by atoms with Gasteiger partial charge in [-0.25, -0.2) is 4.79 Å². The van der Waals surface area contributed by atoms with E-state index in [0.717, 1.165) is 5.56 Å². The molecule has 150 valence electrons. The molecule has 3 rings (SSSR count). The van der Waals surface area contributed by atoms with Gasteiger partial charge in [-0.2, -0.15) is 13.2 Å². The van der Waals surface area contributed by atoms with Gasteiger partial charge < -0.3 is 9.47 Å². The molecule has 1 fully saturated rings. The number of esters is 1. The Morgan fingerprint density at radius 3 is 2.18 bits per heavy atom. The van der Waals surface area contributed by atoms with Crippen LogP contribution in [-0.4, -0.2) is 30.1 Å². The molecule has 2 atom stereocenters. The van der Waals surface area contributed by atoms with Crippen LogP contribution in [0.4, 0.5) is 13.2 Å². The lowest BCUT2D eigenvalue weighted by Crippen LogP contribution is -2.60. The third kappa shape index (κ3) is 4.45. The van der Waals surface area contributed by atoms with Crippen LogP contribution in [0.25, 0.3) is 0 Å². The Morgan fingerprint density at radius 2 is 1.61 bits per heavy atom. The van der Waals surface area contributed by atoms with Crippen molar-refractivity contribution in [2.45, 2.75) is 37.5 Å². The van der Waals surface area contributed by atoms with Crippen molar-refractivity contribution in [1.29, 1.82) is 0 Å². The van der Waals surface area contributed by atoms with Crippen molar-refractivity contribution < 1.29 is 27.4 Å². The molecular formula is C20H21F3N2O3. The standard InChI is InChI=1S/C20H21F3N2O3/c1-18(2)16(14-9-5-3-6-10-14)24-19(25-18,28-17(26)20(21,22)23)13-27-15-11-7-4-8-12-15/h3-12,16,24-25H,13H2,1-2H3. The Balaban J connectivity index is 1.89. The molecule has 0 amide bonds. The van der Waals surface area contributed by atoms with Crippen molar-refractivity contribution >= 4 is 5.97 Å². The Hall–Kier alpha value is -2.58. The van der Waals surface area contributed by atoms with Crippen LogP contribution in [0.15, 0.2) is 60.7 Å². The zero-order valence-electron chi connectivity index (χ0n) is 15.4. The number of hydrogen-bond acceptors (Lipinski definition) is 5. The molecule has 0 saturated carbocycles. The number of ether oxygens (including phenoxy) is 2. The molecule has 0 radical (unpaired) electrons. The van der Waals surface area contributed by atoms with Gasteiger partial charge in [-0.05, 0) is 31.5 Å². The van der Waals surface area contributed by atoms with Gasteiger partial charge in [0, 0.05) is 5.54 Å². The van der Waals surface area contributed by atoms with Gasteiger partial charge >= 0.3 is 12.1 Å². The second-order valence-corrected chi connectivity index (χ2v) is 7.15. The fourth-order valence-corrected chi connectivity index (χ4v) is 3.27. The molecular weight excluding hydrogens is 373 g/mol. The summed E-state index contributed by atoms with van der Waals surface area (Å²) in [5, 5.41) is 5.99. The van der Waals surface area contributed by atoms with Crippen LogP contribution >= 0.6 is 0 Å². The van der Waals surface area contributed by atoms with Crippen LogP contribution in [-0.2, 0) is 9.53 Å². The first kappa shape index (κ1) is 20.2. The molecule has 2 aromatic rings. The number of carbonyl (C=O) groups is 1. The average Bonchev–Trinajstić information content (AvgIpc) is 2.92. The van der Waals surface area contributed by atoms with Crippen molar-refractivity contribution in [2.75, 3.05) is 6.61 Å². The van der Waals surface area contributed by atoms with Crippen LogP contribution in [0.5, 0.6) is 5.75 Å². The van der Waals surface area contributed by atoms with Crippen molar-refractivity contribution in [3.8, 4) is 5.75 Å². The van der Waals surface area contributed by atoms with E-state index in [1.54, 1.807) is 30.3 Å². The molecule has 0 aliphatic carbocycles. The topological polar surface area (TPSA) is 59.6 Å². The number of hydrogen-bond donors (Lipinski definition) is 2. The van der Waals surface area contributed by atoms with E-state index in [0.29, 0.717) is 5.75 Å². The predicted octanol–water partition coefficient (Wildman–Crippen LogP) is 3.54. The van der Waals surface area contributed by atoms with Gasteiger partial charge in [-0.3, -0.25) is 10.6 Å². The molecule has 8 heteroatoms. The van der Waals surface area contributed by atoms with Gasteiger partial charge in [0.25, 0.3) is 5.85 Å². The highest BCUT2D eigenvalue weighted by Crippen LogP contribution is 2.36. The van der Waals surface area contributed by atoms with Gasteiger partial charge in [-0.1, -0.05) is 48.5 Å². The van der Waals surface area contributed by atoms with Crippen molar-refractivity contribution in [2.24, 2.45) is 0 Å². The van der Waals surface area contributed by atoms with E-state index in [1.807, 2.05) is 44.2 Å². The van der Waals surface area contributed by atoms with E-state index in [1.165, 1.54) is 0 Å². The van der Waals surface area contributed by atoms with E-state index in [-0.39, 0.29) is 6.61 Å². The highest BCUT2D eigenvalue weighted by atomic mass is 19.4. The van der Waals surface area contributed by atoms with Crippen LogP contribution in [0.2, 0.25) is 0 Å². The molecule has 5 nitrogen and oxygen atoms in total. The molecule has 1 aliphatic rings. The normalized spacial score (nSPS) is 24.0. The Labute approximate surface area is 160 Å². The number of rotatable bonds is 5. The van der Waals surface area contributed by atoms with Gasteiger partial charge in [-0.15, -0.1) is 0 Å². The van der Waals surface area contributed by atoms with Gasteiger partial charge in [0.15, 0.2) is 6.61 Å². The smallest absolute Gasteiger partial charge is 0.486 e. The second-order valence-electron chi connectivity index (χ2n) is 7.15. The lowest BCUT2D eigenvalue weighted by molar-refractivity contribution is -0.221. The maximum Gasteiger partial charge on any atom is 0.491 e. The molecule has 2 aromatic carbocycles. The first-order chi connectivity index (χ1) is 13.1. The highest BCUT2D eigenvalue weighted by Gasteiger charge is 2.55. The summed E-state index contributed by atoms with van der Waals surface area (Å²) in [6.45, 7) is 3.26. The molecule has 0 spiro atoms. The highest BCUT2D eigenvalue weighted by molar-refractivity contribution is 5.76. The number of para-hydroxylation sites is 1. The number of alkyl halides is 3. The molecule has 0 bridgehead atoms. The summed E-state index contributed by atoms with van der Waals surface area (Å²) in [6, 6.07) is 17.3. The molecule has 1 aliphatic heterocycles. The lowest BCUT2D eigenvalue weighted by Gasteiger charge is -2.31. The van der Waals surface area contributed by atoms with Gasteiger partial charge in [0.05, 0.1) is 6.04 Å². The average molecular weight is 394 g/mol. The van der Waals surface area contributed by atoms with E-state index in [9.17, 15) is 18.0 Å². The summed E-state index contributed by atoms with van der Waals surface area (Å²) in [5.74, 6) is -3.71. The van der Waals surface area contributed by atoms with E-state index in [2.05, 4.69) is 10.6 Å². The summed E-state index contributed by atoms with van der Waals surface area (Å²) in [4.78, 5) is 11.6. The van der Waals surface area contributed by atoms with Gasteiger partial charge in [0.1, 0.15) is 5.75 Å². The van der Waals surface area contributed by atoms with Gasteiger partial charge in [0.2, 0.25) is 0 Å². The number of nitrogens with one attached hydrogen (secondary N) is 2. The van der Waals surface area contributed by atoms with Crippen molar-refractivity contribution in [1.82, 2.24) is 10.6 Å². The van der Waals surface area contributed by atoms with Crippen LogP contribution in [0.1, 0.15) is 25.5 Å². The predicted molar refractivity (Wildman–Crippen MR) is 96.3 cm³/mol. The minimum atomic E-state index is -5.13. The van der Waals surface area contributed by atoms with E-state index >= 15 is 0 Å². The number of benzene rings is 2.